The minimum Gasteiger partial charge on any atom is -0.435 e. The molecule has 0 aromatic rings. The van der Waals surface area contributed by atoms with E-state index in [9.17, 15) is 10.1 Å². The van der Waals surface area contributed by atoms with Crippen LogP contribution in [0.15, 0.2) is 24.5 Å². The summed E-state index contributed by atoms with van der Waals surface area (Å²) in [6.07, 6.45) is 4.86. The van der Waals surface area contributed by atoms with E-state index in [1.807, 2.05) is 0 Å². The van der Waals surface area contributed by atoms with Gasteiger partial charge in [0.05, 0.1) is 11.2 Å². The molecule has 0 saturated carbocycles. The second kappa shape index (κ2) is 2.30. The van der Waals surface area contributed by atoms with Gasteiger partial charge in [-0.2, -0.15) is 0 Å². The maximum absolute atomic E-state index is 9.95. The average Bonchev–Trinajstić information content (AvgIpc) is 1.90. The second-order valence-corrected chi connectivity index (χ2v) is 1.53. The summed E-state index contributed by atoms with van der Waals surface area (Å²) in [7, 11) is 0. The van der Waals surface area contributed by atoms with Crippen LogP contribution in [0.25, 0.3) is 0 Å². The average molecular weight is 127 g/mol. The van der Waals surface area contributed by atoms with Gasteiger partial charge in [-0.15, -0.1) is 0 Å². The number of allylic oxidation sites excluding steroid dienone is 2. The van der Waals surface area contributed by atoms with Crippen LogP contribution in [-0.2, 0) is 4.74 Å². The van der Waals surface area contributed by atoms with Crippen LogP contribution in [0.1, 0.15) is 0 Å². The predicted octanol–water partition coefficient (Wildman–Crippen LogP) is 0.689. The molecule has 1 aliphatic rings. The Hall–Kier alpha value is -1.32. The van der Waals surface area contributed by atoms with Crippen LogP contribution >= 0.6 is 0 Å². The summed E-state index contributed by atoms with van der Waals surface area (Å²) in [5, 5.41) is 9.95. The van der Waals surface area contributed by atoms with E-state index in [0.717, 1.165) is 0 Å². The van der Waals surface area contributed by atoms with Crippen LogP contribution in [0, 0.1) is 10.1 Å². The number of nitrogens with zero attached hydrogens (tertiary/aromatic N) is 1. The van der Waals surface area contributed by atoms with Crippen molar-refractivity contribution in [3.63, 3.8) is 0 Å². The van der Waals surface area contributed by atoms with Gasteiger partial charge in [0.1, 0.15) is 0 Å². The number of hydrogen-bond acceptors (Lipinski definition) is 3. The van der Waals surface area contributed by atoms with Crippen LogP contribution in [0.5, 0.6) is 0 Å². The van der Waals surface area contributed by atoms with Crippen LogP contribution in [0.4, 0.5) is 0 Å². The molecule has 0 aliphatic carbocycles. The van der Waals surface area contributed by atoms with Crippen molar-refractivity contribution < 1.29 is 9.66 Å². The SMILES string of the molecule is O=[N+]([O-])[C@@H]1C=CC=CO1. The van der Waals surface area contributed by atoms with Gasteiger partial charge in [-0.05, 0) is 6.08 Å². The molecule has 9 heavy (non-hydrogen) atoms. The molecule has 1 heterocycles. The van der Waals surface area contributed by atoms with E-state index >= 15 is 0 Å². The molecule has 1 atom stereocenters. The molecular formula is C5H5NO3. The Kier molecular flexibility index (Phi) is 1.48. The smallest absolute Gasteiger partial charge is 0.373 e. The van der Waals surface area contributed by atoms with E-state index in [4.69, 9.17) is 0 Å². The lowest BCUT2D eigenvalue weighted by molar-refractivity contribution is -0.555. The molecule has 0 unspecified atom stereocenters. The minimum atomic E-state index is -0.991. The molecule has 0 radical (unpaired) electrons. The molecule has 0 aromatic carbocycles. The third-order valence-corrected chi connectivity index (χ3v) is 0.891. The maximum Gasteiger partial charge on any atom is 0.373 e. The first-order valence-corrected chi connectivity index (χ1v) is 2.43. The highest BCUT2D eigenvalue weighted by Crippen LogP contribution is 2.01. The highest BCUT2D eigenvalue weighted by molar-refractivity contribution is 5.04. The van der Waals surface area contributed by atoms with Gasteiger partial charge in [0.2, 0.25) is 0 Å². The Morgan fingerprint density at radius 1 is 1.56 bits per heavy atom. The maximum atomic E-state index is 9.95. The van der Waals surface area contributed by atoms with E-state index in [1.54, 1.807) is 12.2 Å². The fourth-order valence-electron chi connectivity index (χ4n) is 0.496. The van der Waals surface area contributed by atoms with Gasteiger partial charge in [-0.3, -0.25) is 10.1 Å². The Labute approximate surface area is 51.6 Å². The van der Waals surface area contributed by atoms with Crippen molar-refractivity contribution in [3.8, 4) is 0 Å². The fraction of sp³-hybridized carbons (Fsp3) is 0.200. The van der Waals surface area contributed by atoms with Crippen LogP contribution in [0.3, 0.4) is 0 Å². The molecule has 0 amide bonds. The van der Waals surface area contributed by atoms with Gasteiger partial charge < -0.3 is 4.74 Å². The quantitative estimate of drug-likeness (QED) is 0.384. The van der Waals surface area contributed by atoms with Crippen molar-refractivity contribution in [1.82, 2.24) is 0 Å². The topological polar surface area (TPSA) is 52.4 Å². The van der Waals surface area contributed by atoms with Gasteiger partial charge in [-0.1, -0.05) is 6.08 Å². The summed E-state index contributed by atoms with van der Waals surface area (Å²) < 4.78 is 4.57. The largest absolute Gasteiger partial charge is 0.435 e. The first-order chi connectivity index (χ1) is 4.30. The van der Waals surface area contributed by atoms with Crippen LogP contribution in [0.2, 0.25) is 0 Å². The lowest BCUT2D eigenvalue weighted by Crippen LogP contribution is -2.18. The minimum absolute atomic E-state index is 0.500. The molecule has 1 rings (SSSR count). The van der Waals surface area contributed by atoms with E-state index < -0.39 is 11.2 Å². The van der Waals surface area contributed by atoms with Crippen molar-refractivity contribution in [3.05, 3.63) is 34.6 Å². The predicted molar refractivity (Wildman–Crippen MR) is 30.1 cm³/mol. The fourth-order valence-corrected chi connectivity index (χ4v) is 0.496. The van der Waals surface area contributed by atoms with Crippen molar-refractivity contribution in [2.75, 3.05) is 0 Å². The standard InChI is InChI=1S/C5H5NO3/c7-6(8)5-3-1-2-4-9-5/h1-5H/t5-/m0/s1. The van der Waals surface area contributed by atoms with E-state index in [-0.39, 0.29) is 0 Å². The first-order valence-electron chi connectivity index (χ1n) is 2.43. The van der Waals surface area contributed by atoms with E-state index in [0.29, 0.717) is 0 Å². The lowest BCUT2D eigenvalue weighted by atomic mass is 10.4. The molecule has 0 spiro atoms. The summed E-state index contributed by atoms with van der Waals surface area (Å²) in [6.45, 7) is 0. The Morgan fingerprint density at radius 3 is 2.67 bits per heavy atom. The van der Waals surface area contributed by atoms with Gasteiger partial charge in [0.25, 0.3) is 0 Å². The summed E-state index contributed by atoms with van der Waals surface area (Å²) in [4.78, 5) is 9.45. The molecule has 4 nitrogen and oxygen atoms in total. The number of nitro groups is 1. The zero-order chi connectivity index (χ0) is 6.69. The van der Waals surface area contributed by atoms with Gasteiger partial charge in [-0.25, -0.2) is 0 Å². The van der Waals surface area contributed by atoms with Crippen molar-refractivity contribution >= 4 is 0 Å². The van der Waals surface area contributed by atoms with Crippen molar-refractivity contribution in [1.29, 1.82) is 0 Å². The zero-order valence-electron chi connectivity index (χ0n) is 4.56. The molecule has 0 saturated heterocycles. The Bertz CT molecular complexity index is 173. The first kappa shape index (κ1) is 5.81. The molecule has 0 fully saturated rings. The second-order valence-electron chi connectivity index (χ2n) is 1.53. The summed E-state index contributed by atoms with van der Waals surface area (Å²) >= 11 is 0. The van der Waals surface area contributed by atoms with Crippen LogP contribution in [-0.4, -0.2) is 11.2 Å². The molecule has 48 valence electrons. The Balaban J connectivity index is 2.56. The molecule has 0 N–H and O–H groups in total. The molecule has 0 aromatic heterocycles. The van der Waals surface area contributed by atoms with Gasteiger partial charge >= 0.3 is 6.23 Å². The number of rotatable bonds is 1. The van der Waals surface area contributed by atoms with Crippen molar-refractivity contribution in [2.24, 2.45) is 0 Å². The highest BCUT2D eigenvalue weighted by Gasteiger charge is 2.15. The van der Waals surface area contributed by atoms with Crippen molar-refractivity contribution in [2.45, 2.75) is 6.23 Å². The molecule has 0 bridgehead atoms. The van der Waals surface area contributed by atoms with Gasteiger partial charge in [0, 0.05) is 6.08 Å². The number of ether oxygens (including phenoxy) is 1. The summed E-state index contributed by atoms with van der Waals surface area (Å²) in [6, 6.07) is 0. The van der Waals surface area contributed by atoms with Gasteiger partial charge in [0.15, 0.2) is 0 Å². The van der Waals surface area contributed by atoms with E-state index in [1.165, 1.54) is 12.3 Å². The monoisotopic (exact) mass is 127 g/mol. The highest BCUT2D eigenvalue weighted by atomic mass is 16.7. The van der Waals surface area contributed by atoms with Crippen LogP contribution < -0.4 is 0 Å². The third kappa shape index (κ3) is 1.28. The zero-order valence-corrected chi connectivity index (χ0v) is 4.56. The van der Waals surface area contributed by atoms with E-state index in [2.05, 4.69) is 4.74 Å². The molecular weight excluding hydrogens is 122 g/mol. The lowest BCUT2D eigenvalue weighted by Gasteiger charge is -2.04. The number of hydrogen-bond donors (Lipinski definition) is 0. The summed E-state index contributed by atoms with van der Waals surface area (Å²) in [5.41, 5.74) is 0. The normalized spacial score (nSPS) is 23.3. The molecule has 1 aliphatic heterocycles. The Morgan fingerprint density at radius 2 is 2.33 bits per heavy atom. The molecule has 4 heteroatoms. The summed E-state index contributed by atoms with van der Waals surface area (Å²) in [5.74, 6) is 0. The third-order valence-electron chi connectivity index (χ3n) is 0.891.